The minimum absolute atomic E-state index is 0.170. The molecule has 0 spiro atoms. The first-order chi connectivity index (χ1) is 10.0. The van der Waals surface area contributed by atoms with Gasteiger partial charge in [0.2, 0.25) is 0 Å². The van der Waals surface area contributed by atoms with Gasteiger partial charge in [-0.15, -0.1) is 0 Å². The van der Waals surface area contributed by atoms with E-state index in [0.29, 0.717) is 11.5 Å². The molecule has 3 heteroatoms. The second-order valence-corrected chi connectivity index (χ2v) is 6.54. The first kappa shape index (κ1) is 16.4. The second kappa shape index (κ2) is 7.37. The molecule has 1 aliphatic carbocycles. The number of rotatable bonds is 5. The number of halogens is 1. The fourth-order valence-corrected chi connectivity index (χ4v) is 3.15. The van der Waals surface area contributed by atoms with Crippen molar-refractivity contribution in [2.24, 2.45) is 17.6 Å². The van der Waals surface area contributed by atoms with E-state index < -0.39 is 0 Å². The lowest BCUT2D eigenvalue weighted by Gasteiger charge is -2.36. The summed E-state index contributed by atoms with van der Waals surface area (Å²) < 4.78 is 20.4. The second-order valence-electron chi connectivity index (χ2n) is 6.54. The van der Waals surface area contributed by atoms with Gasteiger partial charge in [0.1, 0.15) is 11.9 Å². The average molecular weight is 293 g/mol. The van der Waals surface area contributed by atoms with Crippen LogP contribution >= 0.6 is 0 Å². The molecule has 1 saturated carbocycles. The smallest absolute Gasteiger partial charge is 0.129 e. The Morgan fingerprint density at radius 2 is 1.95 bits per heavy atom. The molecule has 1 aromatic rings. The van der Waals surface area contributed by atoms with E-state index in [0.717, 1.165) is 25.2 Å². The van der Waals surface area contributed by atoms with Gasteiger partial charge in [-0.1, -0.05) is 39.0 Å². The van der Waals surface area contributed by atoms with Gasteiger partial charge in [-0.25, -0.2) is 4.39 Å². The first-order valence-electron chi connectivity index (χ1n) is 8.18. The molecule has 118 valence electrons. The van der Waals surface area contributed by atoms with Crippen molar-refractivity contribution in [2.75, 3.05) is 0 Å². The Bertz CT molecular complexity index is 451. The predicted molar refractivity (Wildman–Crippen MR) is 84.5 cm³/mol. The van der Waals surface area contributed by atoms with Gasteiger partial charge in [-0.05, 0) is 43.6 Å². The van der Waals surface area contributed by atoms with Gasteiger partial charge in [0.15, 0.2) is 0 Å². The van der Waals surface area contributed by atoms with Gasteiger partial charge < -0.3 is 10.5 Å². The third-order valence-corrected chi connectivity index (χ3v) is 4.96. The maximum atomic E-state index is 14.1. The van der Waals surface area contributed by atoms with Gasteiger partial charge in [-0.3, -0.25) is 0 Å². The molecular weight excluding hydrogens is 265 g/mol. The largest absolute Gasteiger partial charge is 0.369 e. The van der Waals surface area contributed by atoms with Crippen molar-refractivity contribution in [1.82, 2.24) is 0 Å². The Hall–Kier alpha value is -0.930. The number of nitrogens with two attached hydrogens (primary N) is 1. The molecule has 1 aromatic carbocycles. The molecule has 1 fully saturated rings. The van der Waals surface area contributed by atoms with Crippen LogP contribution in [0.25, 0.3) is 0 Å². The SMILES string of the molecule is CCC(N)C(OC1CCC(C)C(C)C1)c1ccccc1F. The molecule has 0 radical (unpaired) electrons. The van der Waals surface area contributed by atoms with E-state index in [2.05, 4.69) is 13.8 Å². The monoisotopic (exact) mass is 293 g/mol. The lowest BCUT2D eigenvalue weighted by Crippen LogP contribution is -2.35. The Morgan fingerprint density at radius 1 is 1.24 bits per heavy atom. The lowest BCUT2D eigenvalue weighted by molar-refractivity contribution is -0.0607. The minimum atomic E-state index is -0.346. The van der Waals surface area contributed by atoms with Crippen LogP contribution < -0.4 is 5.73 Å². The molecule has 0 bridgehead atoms. The van der Waals surface area contributed by atoms with Crippen LogP contribution in [0.15, 0.2) is 24.3 Å². The fourth-order valence-electron chi connectivity index (χ4n) is 3.15. The molecule has 21 heavy (non-hydrogen) atoms. The summed E-state index contributed by atoms with van der Waals surface area (Å²) >= 11 is 0. The van der Waals surface area contributed by atoms with Gasteiger partial charge >= 0.3 is 0 Å². The van der Waals surface area contributed by atoms with E-state index in [1.54, 1.807) is 12.1 Å². The summed E-state index contributed by atoms with van der Waals surface area (Å²) in [5, 5.41) is 0. The van der Waals surface area contributed by atoms with Crippen molar-refractivity contribution in [3.8, 4) is 0 Å². The van der Waals surface area contributed by atoms with Crippen LogP contribution in [0, 0.1) is 17.7 Å². The molecule has 2 N–H and O–H groups in total. The van der Waals surface area contributed by atoms with E-state index in [4.69, 9.17) is 10.5 Å². The van der Waals surface area contributed by atoms with Crippen LogP contribution in [-0.2, 0) is 4.74 Å². The first-order valence-corrected chi connectivity index (χ1v) is 8.18. The quantitative estimate of drug-likeness (QED) is 0.870. The third kappa shape index (κ3) is 4.04. The van der Waals surface area contributed by atoms with E-state index in [-0.39, 0.29) is 24.1 Å². The standard InChI is InChI=1S/C18H28FNO/c1-4-17(20)18(15-7-5-6-8-16(15)19)21-14-10-9-12(2)13(3)11-14/h5-8,12-14,17-18H,4,9-11,20H2,1-3H3. The number of benzene rings is 1. The molecular formula is C18H28FNO. The zero-order valence-electron chi connectivity index (χ0n) is 13.4. The molecule has 0 aromatic heterocycles. The van der Waals surface area contributed by atoms with E-state index in [1.165, 1.54) is 12.5 Å². The molecule has 0 aliphatic heterocycles. The maximum Gasteiger partial charge on any atom is 0.129 e. The summed E-state index contributed by atoms with van der Waals surface area (Å²) in [6, 6.07) is 6.67. The van der Waals surface area contributed by atoms with Crippen LogP contribution in [0.4, 0.5) is 4.39 Å². The highest BCUT2D eigenvalue weighted by atomic mass is 19.1. The van der Waals surface area contributed by atoms with Crippen LogP contribution in [0.2, 0.25) is 0 Å². The van der Waals surface area contributed by atoms with Crippen LogP contribution in [-0.4, -0.2) is 12.1 Å². The Kier molecular flexibility index (Phi) is 5.77. The van der Waals surface area contributed by atoms with Crippen LogP contribution in [0.5, 0.6) is 0 Å². The van der Waals surface area contributed by atoms with Gasteiger partial charge in [0, 0.05) is 11.6 Å². The highest BCUT2D eigenvalue weighted by molar-refractivity contribution is 5.21. The molecule has 0 heterocycles. The predicted octanol–water partition coefficient (Wildman–Crippen LogP) is 4.45. The maximum absolute atomic E-state index is 14.1. The highest BCUT2D eigenvalue weighted by Gasteiger charge is 2.30. The van der Waals surface area contributed by atoms with Crippen molar-refractivity contribution >= 4 is 0 Å². The molecule has 0 saturated heterocycles. The number of hydrogen-bond donors (Lipinski definition) is 1. The Balaban J connectivity index is 2.13. The van der Waals surface area contributed by atoms with Gasteiger partial charge in [0.25, 0.3) is 0 Å². The summed E-state index contributed by atoms with van der Waals surface area (Å²) in [4.78, 5) is 0. The summed E-state index contributed by atoms with van der Waals surface area (Å²) in [5.74, 6) is 1.18. The van der Waals surface area contributed by atoms with Crippen molar-refractivity contribution in [3.05, 3.63) is 35.6 Å². The number of ether oxygens (including phenoxy) is 1. The minimum Gasteiger partial charge on any atom is -0.369 e. The average Bonchev–Trinajstić information content (AvgIpc) is 2.48. The van der Waals surface area contributed by atoms with E-state index >= 15 is 0 Å². The zero-order chi connectivity index (χ0) is 15.4. The molecule has 2 nitrogen and oxygen atoms in total. The highest BCUT2D eigenvalue weighted by Crippen LogP contribution is 2.35. The summed E-state index contributed by atoms with van der Waals surface area (Å²) in [7, 11) is 0. The topological polar surface area (TPSA) is 35.2 Å². The van der Waals surface area contributed by atoms with Crippen molar-refractivity contribution in [1.29, 1.82) is 0 Å². The molecule has 2 rings (SSSR count). The summed E-state index contributed by atoms with van der Waals surface area (Å²) in [6.45, 7) is 6.60. The lowest BCUT2D eigenvalue weighted by atomic mass is 9.80. The summed E-state index contributed by atoms with van der Waals surface area (Å²) in [5.41, 5.74) is 6.80. The van der Waals surface area contributed by atoms with Crippen molar-refractivity contribution in [3.63, 3.8) is 0 Å². The summed E-state index contributed by atoms with van der Waals surface area (Å²) in [6.07, 6.45) is 3.89. The Labute approximate surface area is 127 Å². The normalized spacial score (nSPS) is 29.1. The Morgan fingerprint density at radius 3 is 2.57 bits per heavy atom. The molecule has 0 amide bonds. The van der Waals surface area contributed by atoms with E-state index in [1.807, 2.05) is 13.0 Å². The van der Waals surface area contributed by atoms with E-state index in [9.17, 15) is 4.39 Å². The number of hydrogen-bond acceptors (Lipinski definition) is 2. The molecule has 5 atom stereocenters. The third-order valence-electron chi connectivity index (χ3n) is 4.96. The van der Waals surface area contributed by atoms with Crippen molar-refractivity contribution in [2.45, 2.75) is 64.7 Å². The van der Waals surface area contributed by atoms with Crippen molar-refractivity contribution < 1.29 is 9.13 Å². The fraction of sp³-hybridized carbons (Fsp3) is 0.667. The van der Waals surface area contributed by atoms with Gasteiger partial charge in [0.05, 0.1) is 6.10 Å². The van der Waals surface area contributed by atoms with Crippen LogP contribution in [0.3, 0.4) is 0 Å². The van der Waals surface area contributed by atoms with Gasteiger partial charge in [-0.2, -0.15) is 0 Å². The molecule has 5 unspecified atom stereocenters. The van der Waals surface area contributed by atoms with Crippen LogP contribution in [0.1, 0.15) is 58.1 Å². The zero-order valence-corrected chi connectivity index (χ0v) is 13.4. The molecule has 1 aliphatic rings.